The average molecular weight is 318 g/mol. The van der Waals surface area contributed by atoms with Gasteiger partial charge in [0.1, 0.15) is 0 Å². The Kier molecular flexibility index (Phi) is 5.71. The van der Waals surface area contributed by atoms with Gasteiger partial charge in [0.05, 0.1) is 18.7 Å². The first kappa shape index (κ1) is 17.2. The van der Waals surface area contributed by atoms with E-state index in [1.165, 1.54) is 0 Å². The zero-order valence-electron chi connectivity index (χ0n) is 13.5. The van der Waals surface area contributed by atoms with Crippen molar-refractivity contribution in [3.05, 3.63) is 60.2 Å². The lowest BCUT2D eigenvalue weighted by molar-refractivity contribution is -0.148. The number of nitriles is 2. The highest BCUT2D eigenvalue weighted by atomic mass is 16.5. The summed E-state index contributed by atoms with van der Waals surface area (Å²) in [5.41, 5.74) is 1.16. The van der Waals surface area contributed by atoms with E-state index in [1.807, 2.05) is 48.5 Å². The van der Waals surface area contributed by atoms with E-state index in [0.29, 0.717) is 5.56 Å². The summed E-state index contributed by atoms with van der Waals surface area (Å²) < 4.78 is 5.09. The molecule has 2 rings (SSSR count). The predicted octanol–water partition coefficient (Wildman–Crippen LogP) is 3.98. The number of hydrogen-bond acceptors (Lipinski definition) is 4. The number of rotatable bonds is 6. The average Bonchev–Trinajstić information content (AvgIpc) is 2.64. The highest BCUT2D eigenvalue weighted by Gasteiger charge is 2.42. The Morgan fingerprint density at radius 2 is 1.67 bits per heavy atom. The SMILES string of the molecule is CCOC(=O)[C@](C#N)(CCC#N)c1ccc(-c2ccccc2)cc1. The zero-order valence-corrected chi connectivity index (χ0v) is 13.5. The largest absolute Gasteiger partial charge is 0.465 e. The van der Waals surface area contributed by atoms with Crippen LogP contribution in [0.5, 0.6) is 0 Å². The van der Waals surface area contributed by atoms with Gasteiger partial charge in [-0.05, 0) is 30.0 Å². The Balaban J connectivity index is 2.41. The minimum Gasteiger partial charge on any atom is -0.465 e. The van der Waals surface area contributed by atoms with E-state index in [-0.39, 0.29) is 19.4 Å². The first-order valence-corrected chi connectivity index (χ1v) is 7.79. The molecule has 0 radical (unpaired) electrons. The fourth-order valence-electron chi connectivity index (χ4n) is 2.61. The van der Waals surface area contributed by atoms with Crippen LogP contribution in [0.2, 0.25) is 0 Å². The highest BCUT2D eigenvalue weighted by molar-refractivity contribution is 5.87. The standard InChI is InChI=1S/C20H18N2O2/c1-2-24-19(23)20(15-22,13-6-14-21)18-11-9-17(10-12-18)16-7-4-3-5-8-16/h3-5,7-12H,2,6,13H2,1H3/t20-/m0/s1. The second-order valence-electron chi connectivity index (χ2n) is 5.34. The molecule has 0 N–H and O–H groups in total. The molecule has 0 spiro atoms. The van der Waals surface area contributed by atoms with Crippen molar-refractivity contribution in [3.8, 4) is 23.3 Å². The van der Waals surface area contributed by atoms with E-state index in [0.717, 1.165) is 11.1 Å². The highest BCUT2D eigenvalue weighted by Crippen LogP contribution is 2.32. The lowest BCUT2D eigenvalue weighted by atomic mass is 9.77. The van der Waals surface area contributed by atoms with Gasteiger partial charge in [0.2, 0.25) is 0 Å². The number of benzene rings is 2. The summed E-state index contributed by atoms with van der Waals surface area (Å²) >= 11 is 0. The van der Waals surface area contributed by atoms with Crippen molar-refractivity contribution in [2.75, 3.05) is 6.61 Å². The van der Waals surface area contributed by atoms with Crippen molar-refractivity contribution >= 4 is 5.97 Å². The van der Waals surface area contributed by atoms with Gasteiger partial charge in [0.15, 0.2) is 5.41 Å². The van der Waals surface area contributed by atoms with E-state index < -0.39 is 11.4 Å². The van der Waals surface area contributed by atoms with Crippen molar-refractivity contribution in [1.82, 2.24) is 0 Å². The predicted molar refractivity (Wildman–Crippen MR) is 90.6 cm³/mol. The fourth-order valence-corrected chi connectivity index (χ4v) is 2.61. The molecular formula is C20H18N2O2. The lowest BCUT2D eigenvalue weighted by Crippen LogP contribution is -2.36. The molecule has 4 nitrogen and oxygen atoms in total. The molecule has 4 heteroatoms. The molecule has 24 heavy (non-hydrogen) atoms. The molecule has 0 unspecified atom stereocenters. The van der Waals surface area contributed by atoms with Crippen molar-refractivity contribution in [1.29, 1.82) is 10.5 Å². The van der Waals surface area contributed by atoms with E-state index >= 15 is 0 Å². The quantitative estimate of drug-likeness (QED) is 0.755. The van der Waals surface area contributed by atoms with E-state index in [4.69, 9.17) is 10.00 Å². The summed E-state index contributed by atoms with van der Waals surface area (Å²) in [4.78, 5) is 12.4. The van der Waals surface area contributed by atoms with Crippen LogP contribution < -0.4 is 0 Å². The summed E-state index contributed by atoms with van der Waals surface area (Å²) in [6.07, 6.45) is 0.219. The maximum atomic E-state index is 12.4. The van der Waals surface area contributed by atoms with Crippen LogP contribution in [0.25, 0.3) is 11.1 Å². The van der Waals surface area contributed by atoms with E-state index in [2.05, 4.69) is 6.07 Å². The van der Waals surface area contributed by atoms with Crippen molar-refractivity contribution in [2.45, 2.75) is 25.2 Å². The van der Waals surface area contributed by atoms with Crippen LogP contribution in [0.4, 0.5) is 0 Å². The molecule has 0 aromatic heterocycles. The van der Waals surface area contributed by atoms with Crippen molar-refractivity contribution < 1.29 is 9.53 Å². The van der Waals surface area contributed by atoms with Gasteiger partial charge < -0.3 is 4.74 Å². The molecule has 0 aliphatic heterocycles. The summed E-state index contributed by atoms with van der Waals surface area (Å²) in [7, 11) is 0. The van der Waals surface area contributed by atoms with Gasteiger partial charge in [-0.15, -0.1) is 0 Å². The topological polar surface area (TPSA) is 73.9 Å². The summed E-state index contributed by atoms with van der Waals surface area (Å²) in [6, 6.07) is 21.2. The van der Waals surface area contributed by atoms with Crippen LogP contribution in [-0.2, 0) is 14.9 Å². The van der Waals surface area contributed by atoms with Crippen LogP contribution in [0.3, 0.4) is 0 Å². The fraction of sp³-hybridized carbons (Fsp3) is 0.250. The Labute approximate surface area is 141 Å². The molecule has 0 fully saturated rings. The number of esters is 1. The molecule has 120 valence electrons. The normalized spacial score (nSPS) is 12.5. The van der Waals surface area contributed by atoms with Gasteiger partial charge in [-0.25, -0.2) is 4.79 Å². The van der Waals surface area contributed by atoms with Crippen molar-refractivity contribution in [3.63, 3.8) is 0 Å². The maximum Gasteiger partial charge on any atom is 0.331 e. The number of nitrogens with zero attached hydrogens (tertiary/aromatic N) is 2. The molecule has 2 aromatic rings. The third-order valence-corrected chi connectivity index (χ3v) is 3.91. The molecule has 1 atom stereocenters. The minimum atomic E-state index is -1.44. The molecule has 0 saturated heterocycles. The zero-order chi connectivity index (χ0) is 17.4. The molecule has 0 amide bonds. The van der Waals surface area contributed by atoms with Gasteiger partial charge in [0.25, 0.3) is 0 Å². The third-order valence-electron chi connectivity index (χ3n) is 3.91. The van der Waals surface area contributed by atoms with Crippen molar-refractivity contribution in [2.24, 2.45) is 0 Å². The van der Waals surface area contributed by atoms with Crippen LogP contribution in [0, 0.1) is 22.7 Å². The van der Waals surface area contributed by atoms with Crippen LogP contribution >= 0.6 is 0 Å². The van der Waals surface area contributed by atoms with Gasteiger partial charge in [-0.2, -0.15) is 10.5 Å². The Morgan fingerprint density at radius 3 is 2.21 bits per heavy atom. The number of carbonyl (C=O) groups is 1. The van der Waals surface area contributed by atoms with E-state index in [1.54, 1.807) is 19.1 Å². The summed E-state index contributed by atoms with van der Waals surface area (Å²) in [6.45, 7) is 1.89. The smallest absolute Gasteiger partial charge is 0.331 e. The molecule has 0 aliphatic carbocycles. The summed E-state index contributed by atoms with van der Waals surface area (Å²) in [5.74, 6) is -0.602. The maximum absolute atomic E-state index is 12.4. The Hall–Kier alpha value is -3.11. The molecule has 0 saturated carbocycles. The Morgan fingerprint density at radius 1 is 1.04 bits per heavy atom. The number of ether oxygens (including phenoxy) is 1. The first-order chi connectivity index (χ1) is 11.7. The molecule has 0 heterocycles. The molecule has 2 aromatic carbocycles. The molecule has 0 bridgehead atoms. The third kappa shape index (κ3) is 3.45. The van der Waals surface area contributed by atoms with Gasteiger partial charge in [-0.1, -0.05) is 54.6 Å². The van der Waals surface area contributed by atoms with Gasteiger partial charge in [-0.3, -0.25) is 0 Å². The summed E-state index contributed by atoms with van der Waals surface area (Å²) in [5, 5.41) is 18.5. The first-order valence-electron chi connectivity index (χ1n) is 7.79. The van der Waals surface area contributed by atoms with Crippen LogP contribution in [0.15, 0.2) is 54.6 Å². The Bertz CT molecular complexity index is 770. The minimum absolute atomic E-state index is 0.104. The monoisotopic (exact) mass is 318 g/mol. The van der Waals surface area contributed by atoms with E-state index in [9.17, 15) is 10.1 Å². The van der Waals surface area contributed by atoms with Gasteiger partial charge in [0, 0.05) is 6.42 Å². The number of hydrogen-bond donors (Lipinski definition) is 0. The molecule has 0 aliphatic rings. The van der Waals surface area contributed by atoms with Gasteiger partial charge >= 0.3 is 5.97 Å². The lowest BCUT2D eigenvalue weighted by Gasteiger charge is -2.24. The second-order valence-corrected chi connectivity index (χ2v) is 5.34. The second kappa shape index (κ2) is 7.94. The van der Waals surface area contributed by atoms with Crippen LogP contribution in [-0.4, -0.2) is 12.6 Å². The van der Waals surface area contributed by atoms with Crippen LogP contribution in [0.1, 0.15) is 25.3 Å². The number of carbonyl (C=O) groups excluding carboxylic acids is 1. The molecular weight excluding hydrogens is 300 g/mol.